The van der Waals surface area contributed by atoms with Gasteiger partial charge in [0.2, 0.25) is 0 Å². The molecule has 0 bridgehead atoms. The lowest BCUT2D eigenvalue weighted by Crippen LogP contribution is -2.15. The van der Waals surface area contributed by atoms with Crippen molar-refractivity contribution in [3.63, 3.8) is 0 Å². The van der Waals surface area contributed by atoms with Gasteiger partial charge in [-0.15, -0.1) is 0 Å². The average molecular weight is 455 g/mol. The molecule has 186 valence electrons. The Hall–Kier alpha value is -0.850. The zero-order valence-corrected chi connectivity index (χ0v) is 19.3. The summed E-state index contributed by atoms with van der Waals surface area (Å²) in [6.45, 7) is 9.95. The van der Waals surface area contributed by atoms with Gasteiger partial charge in [-0.05, 0) is 6.42 Å². The third-order valence-corrected chi connectivity index (χ3v) is 3.61. The largest absolute Gasteiger partial charge is 0.463 e. The number of carbonyl (C=O) groups excluding carboxylic acids is 1. The maximum Gasteiger partial charge on any atom is 0.305 e. The van der Waals surface area contributed by atoms with Gasteiger partial charge >= 0.3 is 5.97 Å². The monoisotopic (exact) mass is 454 g/mol. The summed E-state index contributed by atoms with van der Waals surface area (Å²) in [4.78, 5) is 11.1. The van der Waals surface area contributed by atoms with E-state index in [4.69, 9.17) is 42.6 Å². The van der Waals surface area contributed by atoms with Crippen LogP contribution in [0.5, 0.6) is 0 Å². The smallest absolute Gasteiger partial charge is 0.305 e. The van der Waals surface area contributed by atoms with Crippen molar-refractivity contribution in [3.8, 4) is 0 Å². The summed E-state index contributed by atoms with van der Waals surface area (Å²) in [5.74, 6) is -0.183. The van der Waals surface area contributed by atoms with Crippen LogP contribution in [0.3, 0.4) is 0 Å². The molecule has 0 saturated carbocycles. The van der Waals surface area contributed by atoms with E-state index in [0.29, 0.717) is 106 Å². The van der Waals surface area contributed by atoms with Gasteiger partial charge < -0.3 is 42.6 Å². The fourth-order valence-electron chi connectivity index (χ4n) is 2.05. The molecule has 10 nitrogen and oxygen atoms in total. The Balaban J connectivity index is 3.03. The number of rotatable bonds is 26. The van der Waals surface area contributed by atoms with Gasteiger partial charge in [0, 0.05) is 13.5 Å². The number of esters is 1. The van der Waals surface area contributed by atoms with Gasteiger partial charge in [-0.2, -0.15) is 0 Å². The SMILES string of the molecule is CCCC(=O)OCCOCCOCCOCCOCCOCCOCCOCCOC. The maximum absolute atomic E-state index is 11.1. The van der Waals surface area contributed by atoms with E-state index in [1.165, 1.54) is 0 Å². The molecule has 0 amide bonds. The second-order valence-electron chi connectivity index (χ2n) is 6.25. The molecule has 0 aromatic heterocycles. The van der Waals surface area contributed by atoms with Gasteiger partial charge in [-0.3, -0.25) is 4.79 Å². The molecule has 0 spiro atoms. The van der Waals surface area contributed by atoms with Crippen LogP contribution in [0.25, 0.3) is 0 Å². The molecule has 0 aromatic carbocycles. The highest BCUT2D eigenvalue weighted by atomic mass is 16.6. The van der Waals surface area contributed by atoms with Crippen LogP contribution in [0.1, 0.15) is 19.8 Å². The predicted molar refractivity (Wildman–Crippen MR) is 113 cm³/mol. The fraction of sp³-hybridized carbons (Fsp3) is 0.952. The van der Waals surface area contributed by atoms with Gasteiger partial charge in [0.25, 0.3) is 0 Å². The van der Waals surface area contributed by atoms with Crippen molar-refractivity contribution in [3.05, 3.63) is 0 Å². The zero-order chi connectivity index (χ0) is 22.7. The van der Waals surface area contributed by atoms with E-state index in [0.717, 1.165) is 6.42 Å². The van der Waals surface area contributed by atoms with Crippen LogP contribution >= 0.6 is 0 Å². The molecule has 0 rings (SSSR count). The molecule has 0 unspecified atom stereocenters. The Morgan fingerprint density at radius 3 is 1.06 bits per heavy atom. The number of hydrogen-bond donors (Lipinski definition) is 0. The van der Waals surface area contributed by atoms with Gasteiger partial charge in [-0.25, -0.2) is 0 Å². The first-order valence-electron chi connectivity index (χ1n) is 11.0. The van der Waals surface area contributed by atoms with E-state index in [-0.39, 0.29) is 12.6 Å². The molecule has 0 heterocycles. The summed E-state index contributed by atoms with van der Waals surface area (Å²) < 4.78 is 47.4. The van der Waals surface area contributed by atoms with Gasteiger partial charge in [0.1, 0.15) is 6.61 Å². The summed E-state index contributed by atoms with van der Waals surface area (Å²) in [6.07, 6.45) is 1.24. The van der Waals surface area contributed by atoms with Crippen LogP contribution in [-0.2, 0) is 47.4 Å². The molecule has 0 radical (unpaired) electrons. The molecule has 0 N–H and O–H groups in total. The molecule has 0 aliphatic rings. The quantitative estimate of drug-likeness (QED) is 0.139. The molecule has 0 saturated heterocycles. The lowest BCUT2D eigenvalue weighted by atomic mass is 10.3. The molecule has 0 aliphatic carbocycles. The van der Waals surface area contributed by atoms with Gasteiger partial charge in [0.15, 0.2) is 0 Å². The summed E-state index contributed by atoms with van der Waals surface area (Å²) in [7, 11) is 1.64. The highest BCUT2D eigenvalue weighted by molar-refractivity contribution is 5.69. The van der Waals surface area contributed by atoms with E-state index >= 15 is 0 Å². The number of ether oxygens (including phenoxy) is 9. The van der Waals surface area contributed by atoms with Crippen LogP contribution in [0.2, 0.25) is 0 Å². The molecule has 0 aliphatic heterocycles. The maximum atomic E-state index is 11.1. The van der Waals surface area contributed by atoms with Crippen molar-refractivity contribution in [2.24, 2.45) is 0 Å². The second-order valence-corrected chi connectivity index (χ2v) is 6.25. The first kappa shape index (κ1) is 30.1. The normalized spacial score (nSPS) is 11.2. The van der Waals surface area contributed by atoms with Crippen LogP contribution in [0.4, 0.5) is 0 Å². The highest BCUT2D eigenvalue weighted by Crippen LogP contribution is 1.91. The van der Waals surface area contributed by atoms with Crippen molar-refractivity contribution in [1.29, 1.82) is 0 Å². The zero-order valence-electron chi connectivity index (χ0n) is 19.3. The Bertz CT molecular complexity index is 357. The molecule has 0 aromatic rings. The summed E-state index contributed by atoms with van der Waals surface area (Å²) in [5, 5.41) is 0. The van der Waals surface area contributed by atoms with E-state index in [2.05, 4.69) is 0 Å². The summed E-state index contributed by atoms with van der Waals surface area (Å²) in [6, 6.07) is 0. The molecule has 0 atom stereocenters. The lowest BCUT2D eigenvalue weighted by Gasteiger charge is -2.08. The third-order valence-electron chi connectivity index (χ3n) is 3.61. The summed E-state index contributed by atoms with van der Waals surface area (Å²) >= 11 is 0. The van der Waals surface area contributed by atoms with Crippen LogP contribution in [0, 0.1) is 0 Å². The number of carbonyl (C=O) groups is 1. The van der Waals surface area contributed by atoms with Crippen LogP contribution < -0.4 is 0 Å². The van der Waals surface area contributed by atoms with E-state index < -0.39 is 0 Å². The van der Waals surface area contributed by atoms with Gasteiger partial charge in [0.05, 0.1) is 99.1 Å². The summed E-state index contributed by atoms with van der Waals surface area (Å²) in [5.41, 5.74) is 0. The predicted octanol–water partition coefficient (Wildman–Crippen LogP) is 1.09. The van der Waals surface area contributed by atoms with Crippen molar-refractivity contribution in [1.82, 2.24) is 0 Å². The van der Waals surface area contributed by atoms with Gasteiger partial charge in [-0.1, -0.05) is 6.92 Å². The Kier molecular flexibility index (Phi) is 26.4. The van der Waals surface area contributed by atoms with E-state index in [1.54, 1.807) is 7.11 Å². The minimum Gasteiger partial charge on any atom is -0.463 e. The Morgan fingerprint density at radius 2 is 0.774 bits per heavy atom. The van der Waals surface area contributed by atoms with E-state index in [9.17, 15) is 4.79 Å². The topological polar surface area (TPSA) is 100 Å². The third kappa shape index (κ3) is 27.1. The first-order valence-corrected chi connectivity index (χ1v) is 11.0. The first-order chi connectivity index (χ1) is 15.3. The standard InChI is InChI=1S/C21H42O10/c1-3-4-21(22)31-20-19-30-18-17-29-16-15-28-14-13-27-12-11-26-10-9-25-8-7-24-6-5-23-2/h3-20H2,1-2H3. The molecular weight excluding hydrogens is 412 g/mol. The second kappa shape index (κ2) is 27.2. The molecule has 0 fully saturated rings. The van der Waals surface area contributed by atoms with Crippen molar-refractivity contribution >= 4 is 5.97 Å². The Labute approximate surface area is 186 Å². The minimum absolute atomic E-state index is 0.183. The fourth-order valence-corrected chi connectivity index (χ4v) is 2.05. The average Bonchev–Trinajstić information content (AvgIpc) is 2.77. The Morgan fingerprint density at radius 1 is 0.484 bits per heavy atom. The van der Waals surface area contributed by atoms with Crippen molar-refractivity contribution in [2.75, 3.05) is 113 Å². The van der Waals surface area contributed by atoms with Crippen LogP contribution in [0.15, 0.2) is 0 Å². The van der Waals surface area contributed by atoms with Crippen LogP contribution in [-0.4, -0.2) is 119 Å². The van der Waals surface area contributed by atoms with E-state index in [1.807, 2.05) is 6.92 Å². The molecular formula is C21H42O10. The highest BCUT2D eigenvalue weighted by Gasteiger charge is 1.99. The minimum atomic E-state index is -0.183. The number of methoxy groups -OCH3 is 1. The lowest BCUT2D eigenvalue weighted by molar-refractivity contribution is -0.145. The van der Waals surface area contributed by atoms with Crippen molar-refractivity contribution in [2.45, 2.75) is 19.8 Å². The number of hydrogen-bond acceptors (Lipinski definition) is 10. The molecule has 10 heteroatoms. The van der Waals surface area contributed by atoms with Crippen molar-refractivity contribution < 1.29 is 47.4 Å². The molecule has 31 heavy (non-hydrogen) atoms.